The first-order chi connectivity index (χ1) is 14.6. The minimum Gasteiger partial charge on any atom is -0.337 e. The van der Waals surface area contributed by atoms with Crippen LogP contribution in [0.3, 0.4) is 0 Å². The maximum absolute atomic E-state index is 14.0. The Morgan fingerprint density at radius 2 is 1.70 bits per heavy atom. The Morgan fingerprint density at radius 3 is 2.37 bits per heavy atom. The second-order valence-corrected chi connectivity index (χ2v) is 10.5. The lowest BCUT2D eigenvalue weighted by atomic mass is 9.49. The van der Waals surface area contributed by atoms with Gasteiger partial charge in [-0.15, -0.1) is 0 Å². The number of piperidine rings is 1. The lowest BCUT2D eigenvalue weighted by Crippen LogP contribution is -2.55. The summed E-state index contributed by atoms with van der Waals surface area (Å²) in [6.07, 6.45) is 10.5. The Labute approximate surface area is 178 Å². The predicted molar refractivity (Wildman–Crippen MR) is 113 cm³/mol. The summed E-state index contributed by atoms with van der Waals surface area (Å²) in [5.74, 6) is 3.96. The molecular weight excluding hydrogens is 374 g/mol. The van der Waals surface area contributed by atoms with Gasteiger partial charge in [-0.25, -0.2) is 0 Å². The van der Waals surface area contributed by atoms with Crippen LogP contribution in [0.15, 0.2) is 28.8 Å². The van der Waals surface area contributed by atoms with Gasteiger partial charge in [0.15, 0.2) is 0 Å². The van der Waals surface area contributed by atoms with Gasteiger partial charge in [-0.2, -0.15) is 4.98 Å². The average molecular weight is 406 g/mol. The van der Waals surface area contributed by atoms with E-state index in [1.807, 2.05) is 12.1 Å². The molecule has 2 heterocycles. The Hall–Kier alpha value is -2.17. The van der Waals surface area contributed by atoms with Crippen molar-refractivity contribution < 1.29 is 9.32 Å². The fourth-order valence-corrected chi connectivity index (χ4v) is 7.30. The maximum Gasteiger partial charge on any atom is 0.249 e. The van der Waals surface area contributed by atoms with Crippen molar-refractivity contribution in [3.05, 3.63) is 35.7 Å². The van der Waals surface area contributed by atoms with Crippen molar-refractivity contribution in [3.8, 4) is 11.4 Å². The minimum atomic E-state index is -0.107. The molecule has 0 radical (unpaired) electrons. The molecule has 7 rings (SSSR count). The highest BCUT2D eigenvalue weighted by atomic mass is 16.5. The van der Waals surface area contributed by atoms with E-state index >= 15 is 0 Å². The number of likely N-dealkylation sites (tertiary alicyclic amines) is 1. The lowest BCUT2D eigenvalue weighted by molar-refractivity contribution is -0.162. The molecule has 1 saturated heterocycles. The molecule has 4 aliphatic carbocycles. The molecule has 0 unspecified atom stereocenters. The van der Waals surface area contributed by atoms with Crippen molar-refractivity contribution in [2.24, 2.45) is 23.2 Å². The molecule has 1 aromatic carbocycles. The van der Waals surface area contributed by atoms with E-state index in [0.29, 0.717) is 17.6 Å². The lowest BCUT2D eigenvalue weighted by Gasteiger charge is -2.57. The first-order valence-corrected chi connectivity index (χ1v) is 11.8. The molecule has 1 aromatic heterocycles. The van der Waals surface area contributed by atoms with E-state index in [9.17, 15) is 4.79 Å². The summed E-state index contributed by atoms with van der Waals surface area (Å²) in [4.78, 5) is 20.9. The van der Waals surface area contributed by atoms with Crippen LogP contribution in [0.5, 0.6) is 0 Å². The maximum atomic E-state index is 14.0. The van der Waals surface area contributed by atoms with Crippen LogP contribution < -0.4 is 0 Å². The second-order valence-electron chi connectivity index (χ2n) is 10.5. The molecule has 5 heteroatoms. The summed E-state index contributed by atoms with van der Waals surface area (Å²) in [7, 11) is 0. The third kappa shape index (κ3) is 3.00. The summed E-state index contributed by atoms with van der Waals surface area (Å²) < 4.78 is 5.73. The van der Waals surface area contributed by atoms with Crippen LogP contribution in [-0.4, -0.2) is 27.5 Å². The molecule has 0 spiro atoms. The third-order valence-corrected chi connectivity index (χ3v) is 8.29. The van der Waals surface area contributed by atoms with Crippen molar-refractivity contribution in [1.29, 1.82) is 0 Å². The van der Waals surface area contributed by atoms with Crippen molar-refractivity contribution in [1.82, 2.24) is 15.0 Å². The number of benzene rings is 1. The monoisotopic (exact) mass is 405 g/mol. The molecule has 1 aliphatic heterocycles. The topological polar surface area (TPSA) is 59.2 Å². The van der Waals surface area contributed by atoms with Crippen LogP contribution >= 0.6 is 0 Å². The molecule has 0 N–H and O–H groups in total. The van der Waals surface area contributed by atoms with Crippen LogP contribution in [0.25, 0.3) is 11.4 Å². The fourth-order valence-electron chi connectivity index (χ4n) is 7.30. The Kier molecular flexibility index (Phi) is 4.29. The Bertz CT molecular complexity index is 912. The van der Waals surface area contributed by atoms with Gasteiger partial charge in [-0.05, 0) is 82.5 Å². The van der Waals surface area contributed by atoms with Gasteiger partial charge in [0.2, 0.25) is 17.6 Å². The summed E-state index contributed by atoms with van der Waals surface area (Å²) >= 11 is 0. The molecule has 5 nitrogen and oxygen atoms in total. The third-order valence-electron chi connectivity index (χ3n) is 8.29. The van der Waals surface area contributed by atoms with E-state index in [0.717, 1.165) is 68.4 Å². The van der Waals surface area contributed by atoms with Crippen molar-refractivity contribution in [3.63, 3.8) is 0 Å². The molecule has 1 atom stereocenters. The number of carbonyl (C=O) groups is 1. The number of hydrogen-bond donors (Lipinski definition) is 0. The van der Waals surface area contributed by atoms with Crippen molar-refractivity contribution in [2.75, 3.05) is 6.54 Å². The quantitative estimate of drug-likeness (QED) is 0.694. The zero-order chi connectivity index (χ0) is 20.3. The summed E-state index contributed by atoms with van der Waals surface area (Å²) in [6.45, 7) is 2.90. The largest absolute Gasteiger partial charge is 0.337 e. The number of amides is 1. The first-order valence-electron chi connectivity index (χ1n) is 11.8. The predicted octanol–water partition coefficient (Wildman–Crippen LogP) is 5.32. The van der Waals surface area contributed by atoms with Crippen molar-refractivity contribution in [2.45, 2.75) is 70.8 Å². The molecule has 1 amide bonds. The Morgan fingerprint density at radius 1 is 1.03 bits per heavy atom. The average Bonchev–Trinajstić information content (AvgIpc) is 3.23. The van der Waals surface area contributed by atoms with E-state index in [4.69, 9.17) is 9.51 Å². The molecule has 2 aromatic rings. The molecular formula is C25H31N3O2. The van der Waals surface area contributed by atoms with Crippen LogP contribution in [0.1, 0.15) is 75.3 Å². The molecule has 5 fully saturated rings. The van der Waals surface area contributed by atoms with Gasteiger partial charge in [0.25, 0.3) is 0 Å². The summed E-state index contributed by atoms with van der Waals surface area (Å²) in [5, 5.41) is 4.25. The number of aryl methyl sites for hydroxylation is 1. The van der Waals surface area contributed by atoms with Crippen molar-refractivity contribution >= 4 is 5.91 Å². The van der Waals surface area contributed by atoms with Gasteiger partial charge >= 0.3 is 0 Å². The molecule has 158 valence electrons. The van der Waals surface area contributed by atoms with E-state index in [-0.39, 0.29) is 11.5 Å². The van der Waals surface area contributed by atoms with E-state index in [1.54, 1.807) is 0 Å². The Balaban J connectivity index is 1.28. The smallest absolute Gasteiger partial charge is 0.249 e. The minimum absolute atomic E-state index is 0.0639. The summed E-state index contributed by atoms with van der Waals surface area (Å²) in [5.41, 5.74) is 2.07. The number of aromatic nitrogens is 2. The zero-order valence-electron chi connectivity index (χ0n) is 17.8. The highest BCUT2D eigenvalue weighted by Gasteiger charge is 2.56. The molecule has 5 aliphatic rings. The number of hydrogen-bond acceptors (Lipinski definition) is 4. The van der Waals surface area contributed by atoms with E-state index in [1.165, 1.54) is 24.8 Å². The van der Waals surface area contributed by atoms with Crippen LogP contribution in [0.2, 0.25) is 0 Å². The first kappa shape index (κ1) is 18.6. The summed E-state index contributed by atoms with van der Waals surface area (Å²) in [6, 6.07) is 8.13. The van der Waals surface area contributed by atoms with Crippen LogP contribution in [-0.2, 0) is 4.79 Å². The second kappa shape index (κ2) is 6.93. The van der Waals surface area contributed by atoms with Gasteiger partial charge in [0, 0.05) is 12.1 Å². The van der Waals surface area contributed by atoms with Gasteiger partial charge < -0.3 is 9.42 Å². The van der Waals surface area contributed by atoms with Crippen LogP contribution in [0, 0.1) is 30.1 Å². The zero-order valence-corrected chi connectivity index (χ0v) is 17.8. The SMILES string of the molecule is Cc1ccc(-c2noc([C@@H]3CCCCN3C(=O)C34CC5CC(CC(C5)C3)C4)n2)cc1. The highest BCUT2D eigenvalue weighted by Crippen LogP contribution is 2.61. The number of rotatable bonds is 3. The molecule has 4 saturated carbocycles. The normalized spacial score (nSPS) is 35.0. The van der Waals surface area contributed by atoms with Gasteiger partial charge in [0.05, 0.1) is 5.41 Å². The number of nitrogens with zero attached hydrogens (tertiary/aromatic N) is 3. The van der Waals surface area contributed by atoms with E-state index < -0.39 is 0 Å². The van der Waals surface area contributed by atoms with Crippen LogP contribution in [0.4, 0.5) is 0 Å². The molecule has 30 heavy (non-hydrogen) atoms. The standard InChI is InChI=1S/C25H31N3O2/c1-16-5-7-20(8-6-16)22-26-23(30-27-22)21-4-2-3-9-28(21)24(29)25-13-17-10-18(14-25)12-19(11-17)15-25/h5-8,17-19,21H,2-4,9-15H2,1H3/t17?,18?,19?,21-,25?/m0/s1. The van der Waals surface area contributed by atoms with Gasteiger partial charge in [-0.1, -0.05) is 35.0 Å². The van der Waals surface area contributed by atoms with Gasteiger partial charge in [-0.3, -0.25) is 4.79 Å². The fraction of sp³-hybridized carbons (Fsp3) is 0.640. The number of carbonyl (C=O) groups excluding carboxylic acids is 1. The highest BCUT2D eigenvalue weighted by molar-refractivity contribution is 5.83. The van der Waals surface area contributed by atoms with E-state index in [2.05, 4.69) is 29.1 Å². The molecule has 4 bridgehead atoms. The van der Waals surface area contributed by atoms with Gasteiger partial charge in [0.1, 0.15) is 6.04 Å².